The molecule has 1 saturated heterocycles. The van der Waals surface area contributed by atoms with E-state index in [9.17, 15) is 9.59 Å². The molecule has 0 N–H and O–H groups in total. The number of carbonyl (C=O) groups is 2. The normalized spacial score (nSPS) is 13.9. The molecule has 1 fully saturated rings. The van der Waals surface area contributed by atoms with Gasteiger partial charge in [-0.15, -0.1) is 0 Å². The molecule has 1 aliphatic heterocycles. The van der Waals surface area contributed by atoms with Gasteiger partial charge in [-0.05, 0) is 72.7 Å². The van der Waals surface area contributed by atoms with Gasteiger partial charge < -0.3 is 9.47 Å². The number of rotatable bonds is 5. The van der Waals surface area contributed by atoms with Crippen LogP contribution in [-0.2, 0) is 9.59 Å². The van der Waals surface area contributed by atoms with Crippen molar-refractivity contribution in [2.24, 2.45) is 0 Å². The minimum Gasteiger partial charge on any atom is -0.493 e. The van der Waals surface area contributed by atoms with Crippen molar-refractivity contribution < 1.29 is 19.1 Å². The van der Waals surface area contributed by atoms with Crippen LogP contribution in [0.3, 0.4) is 0 Å². The Kier molecular flexibility index (Phi) is 6.24. The van der Waals surface area contributed by atoms with Crippen LogP contribution < -0.4 is 19.3 Å². The molecule has 0 radical (unpaired) electrons. The Labute approximate surface area is 197 Å². The molecule has 0 unspecified atom stereocenters. The zero-order valence-corrected chi connectivity index (χ0v) is 19.3. The van der Waals surface area contributed by atoms with Crippen LogP contribution in [0.15, 0.2) is 78.4 Å². The number of methoxy groups -OCH3 is 2. The summed E-state index contributed by atoms with van der Waals surface area (Å²) in [5.74, 6) is 0.0904. The fraction of sp³-hybridized carbons (Fsp3) is 0.115. The number of benzene rings is 3. The number of amides is 2. The van der Waals surface area contributed by atoms with Crippen molar-refractivity contribution in [1.29, 1.82) is 0 Å². The van der Waals surface area contributed by atoms with Gasteiger partial charge in [-0.3, -0.25) is 19.4 Å². The first kappa shape index (κ1) is 22.2. The molecule has 3 aromatic carbocycles. The Morgan fingerprint density at radius 2 is 1.21 bits per heavy atom. The van der Waals surface area contributed by atoms with E-state index in [1.807, 2.05) is 43.3 Å². The molecule has 1 heterocycles. The molecule has 6 nitrogen and oxygen atoms in total. The molecule has 0 atom stereocenters. The summed E-state index contributed by atoms with van der Waals surface area (Å²) in [6, 6.07) is 21.6. The van der Waals surface area contributed by atoms with Crippen LogP contribution in [0.5, 0.6) is 11.5 Å². The number of carbonyl (C=O) groups excluding carboxylic acids is 2. The Balaban J connectivity index is 1.89. The highest BCUT2D eigenvalue weighted by Gasteiger charge is 2.41. The lowest BCUT2D eigenvalue weighted by Gasteiger charge is -2.36. The van der Waals surface area contributed by atoms with E-state index in [0.29, 0.717) is 28.4 Å². The summed E-state index contributed by atoms with van der Waals surface area (Å²) in [6.45, 7) is 1.88. The SMILES string of the molecule is COc1cc(C)c(C=C2C(=O)N(c3ccccc3)C(=S)N(c3ccccc3)C2=O)cc1OC. The molecular weight excluding hydrogens is 436 g/mol. The highest BCUT2D eigenvalue weighted by molar-refractivity contribution is 7.81. The third-order valence-corrected chi connectivity index (χ3v) is 5.72. The predicted octanol–water partition coefficient (Wildman–Crippen LogP) is 4.76. The first-order valence-corrected chi connectivity index (χ1v) is 10.6. The highest BCUT2D eigenvalue weighted by atomic mass is 32.1. The lowest BCUT2D eigenvalue weighted by molar-refractivity contribution is -0.120. The third-order valence-electron chi connectivity index (χ3n) is 5.35. The van der Waals surface area contributed by atoms with Gasteiger partial charge in [0.2, 0.25) is 0 Å². The van der Waals surface area contributed by atoms with Crippen molar-refractivity contribution in [3.63, 3.8) is 0 Å². The summed E-state index contributed by atoms with van der Waals surface area (Å²) in [7, 11) is 3.09. The first-order chi connectivity index (χ1) is 16.0. The summed E-state index contributed by atoms with van der Waals surface area (Å²) in [4.78, 5) is 29.9. The Morgan fingerprint density at radius 3 is 1.67 bits per heavy atom. The third kappa shape index (κ3) is 4.10. The van der Waals surface area contributed by atoms with Gasteiger partial charge in [-0.2, -0.15) is 0 Å². The summed E-state index contributed by atoms with van der Waals surface area (Å²) in [6.07, 6.45) is 1.58. The average molecular weight is 459 g/mol. The fourth-order valence-corrected chi connectivity index (χ4v) is 4.02. The fourth-order valence-electron chi connectivity index (χ4n) is 3.65. The van der Waals surface area contributed by atoms with Crippen LogP contribution in [0.25, 0.3) is 6.08 Å². The van der Waals surface area contributed by atoms with E-state index in [0.717, 1.165) is 5.56 Å². The van der Waals surface area contributed by atoms with Crippen molar-refractivity contribution in [2.45, 2.75) is 6.92 Å². The standard InChI is InChI=1S/C26H22N2O4S/c1-17-14-22(31-2)23(32-3)16-18(17)15-21-24(29)27(19-10-6-4-7-11-19)26(33)28(25(21)30)20-12-8-5-9-13-20/h4-16H,1-3H3. The molecule has 1 aliphatic rings. The number of hydrogen-bond donors (Lipinski definition) is 0. The molecular formula is C26H22N2O4S. The molecule has 0 spiro atoms. The van der Waals surface area contributed by atoms with Gasteiger partial charge in [0.1, 0.15) is 5.57 Å². The maximum atomic E-state index is 13.6. The highest BCUT2D eigenvalue weighted by Crippen LogP contribution is 2.34. The molecule has 33 heavy (non-hydrogen) atoms. The van der Waals surface area contributed by atoms with Gasteiger partial charge in [0, 0.05) is 0 Å². The van der Waals surface area contributed by atoms with Crippen LogP contribution in [0.1, 0.15) is 11.1 Å². The maximum absolute atomic E-state index is 13.6. The minimum absolute atomic E-state index is 0.00775. The monoisotopic (exact) mass is 458 g/mol. The zero-order chi connectivity index (χ0) is 23.5. The van der Waals surface area contributed by atoms with Crippen LogP contribution in [-0.4, -0.2) is 31.1 Å². The van der Waals surface area contributed by atoms with Gasteiger partial charge in [0.05, 0.1) is 25.6 Å². The Hall–Kier alpha value is -3.97. The Morgan fingerprint density at radius 1 is 0.758 bits per heavy atom. The molecule has 0 saturated carbocycles. The smallest absolute Gasteiger partial charge is 0.270 e. The van der Waals surface area contributed by atoms with Crippen LogP contribution in [0.4, 0.5) is 11.4 Å². The second kappa shape index (κ2) is 9.26. The molecule has 0 aromatic heterocycles. The number of nitrogens with zero attached hydrogens (tertiary/aromatic N) is 2. The quantitative estimate of drug-likeness (QED) is 0.313. The number of anilines is 2. The summed E-state index contributed by atoms with van der Waals surface area (Å²) in [5, 5.41) is 0.101. The van der Waals surface area contributed by atoms with E-state index in [1.54, 1.807) is 49.6 Å². The number of para-hydroxylation sites is 2. The lowest BCUT2D eigenvalue weighted by Crippen LogP contribution is -2.56. The van der Waals surface area contributed by atoms with Crippen molar-refractivity contribution in [3.8, 4) is 11.5 Å². The van der Waals surface area contributed by atoms with E-state index in [4.69, 9.17) is 21.7 Å². The van der Waals surface area contributed by atoms with E-state index >= 15 is 0 Å². The van der Waals surface area contributed by atoms with Gasteiger partial charge >= 0.3 is 0 Å². The van der Waals surface area contributed by atoms with Crippen LogP contribution in [0.2, 0.25) is 0 Å². The largest absolute Gasteiger partial charge is 0.493 e. The van der Waals surface area contributed by atoms with Gasteiger partial charge in [-0.1, -0.05) is 36.4 Å². The second-order valence-corrected chi connectivity index (χ2v) is 7.72. The van der Waals surface area contributed by atoms with Crippen molar-refractivity contribution in [3.05, 3.63) is 89.5 Å². The first-order valence-electron chi connectivity index (χ1n) is 10.2. The van der Waals surface area contributed by atoms with E-state index < -0.39 is 11.8 Å². The van der Waals surface area contributed by atoms with Gasteiger partial charge in [-0.25, -0.2) is 0 Å². The zero-order valence-electron chi connectivity index (χ0n) is 18.4. The summed E-state index contributed by atoms with van der Waals surface area (Å²) >= 11 is 5.63. The van der Waals surface area contributed by atoms with Gasteiger partial charge in [0.15, 0.2) is 16.6 Å². The topological polar surface area (TPSA) is 59.1 Å². The number of thiocarbonyl (C=S) groups is 1. The van der Waals surface area contributed by atoms with Crippen LogP contribution in [0, 0.1) is 6.92 Å². The number of ether oxygens (including phenoxy) is 2. The van der Waals surface area contributed by atoms with E-state index in [2.05, 4.69) is 0 Å². The average Bonchev–Trinajstić information content (AvgIpc) is 2.83. The Bertz CT molecular complexity index is 1190. The maximum Gasteiger partial charge on any atom is 0.270 e. The van der Waals surface area contributed by atoms with Gasteiger partial charge in [0.25, 0.3) is 11.8 Å². The lowest BCUT2D eigenvalue weighted by atomic mass is 10.0. The molecule has 166 valence electrons. The number of aryl methyl sites for hydroxylation is 1. The summed E-state index contributed by atoms with van der Waals surface area (Å²) < 4.78 is 10.8. The molecule has 3 aromatic rings. The summed E-state index contributed by atoms with van der Waals surface area (Å²) in [5.41, 5.74) is 2.64. The van der Waals surface area contributed by atoms with Crippen LogP contribution >= 0.6 is 12.2 Å². The molecule has 7 heteroatoms. The van der Waals surface area contributed by atoms with Crippen molar-refractivity contribution in [2.75, 3.05) is 24.0 Å². The molecule has 0 bridgehead atoms. The minimum atomic E-state index is -0.488. The predicted molar refractivity (Wildman–Crippen MR) is 133 cm³/mol. The van der Waals surface area contributed by atoms with E-state index in [-0.39, 0.29) is 10.7 Å². The van der Waals surface area contributed by atoms with Crippen molar-refractivity contribution in [1.82, 2.24) is 0 Å². The molecule has 4 rings (SSSR count). The molecule has 2 amide bonds. The second-order valence-electron chi connectivity index (χ2n) is 7.36. The molecule has 0 aliphatic carbocycles. The van der Waals surface area contributed by atoms with Crippen molar-refractivity contribution >= 4 is 46.6 Å². The van der Waals surface area contributed by atoms with E-state index in [1.165, 1.54) is 16.9 Å². The number of hydrogen-bond acceptors (Lipinski definition) is 5.